The number of aliphatic hydroxyl groups is 1. The number of rotatable bonds is 13. The van der Waals surface area contributed by atoms with Crippen LogP contribution in [0, 0.1) is 10.1 Å². The summed E-state index contributed by atoms with van der Waals surface area (Å²) >= 11 is 0. The van der Waals surface area contributed by atoms with Gasteiger partial charge in [0.1, 0.15) is 0 Å². The van der Waals surface area contributed by atoms with E-state index in [1.807, 2.05) is 24.3 Å². The molecule has 0 aliphatic carbocycles. The zero-order valence-electron chi connectivity index (χ0n) is 17.9. The fraction of sp³-hybridized carbons (Fsp3) is 0.478. The van der Waals surface area contributed by atoms with E-state index >= 15 is 0 Å². The van der Waals surface area contributed by atoms with Gasteiger partial charge < -0.3 is 10.0 Å². The van der Waals surface area contributed by atoms with Gasteiger partial charge >= 0.3 is 0 Å². The minimum Gasteiger partial charge on any atom is -0.394 e. The molecule has 0 radical (unpaired) electrons. The van der Waals surface area contributed by atoms with Crippen LogP contribution in [0.1, 0.15) is 52.4 Å². The SMILES string of the molecule is CCCCCCN(c1ccc(N=Nc2ccc([N+](=O)[O-])cc2)cc1)C(CO)CCC. The third-order valence-electron chi connectivity index (χ3n) is 5.05. The number of nitro groups is 1. The first-order valence-electron chi connectivity index (χ1n) is 10.7. The molecule has 0 spiro atoms. The Bertz CT molecular complexity index is 791. The highest BCUT2D eigenvalue weighted by Crippen LogP contribution is 2.26. The number of nitro benzene ring substituents is 1. The normalized spacial score (nSPS) is 12.2. The van der Waals surface area contributed by atoms with Crippen molar-refractivity contribution in [1.82, 2.24) is 0 Å². The van der Waals surface area contributed by atoms with E-state index in [9.17, 15) is 15.2 Å². The molecule has 30 heavy (non-hydrogen) atoms. The van der Waals surface area contributed by atoms with Crippen LogP contribution in [0.5, 0.6) is 0 Å². The molecule has 0 aromatic heterocycles. The van der Waals surface area contributed by atoms with E-state index < -0.39 is 4.92 Å². The Balaban J connectivity index is 2.09. The topological polar surface area (TPSA) is 91.3 Å². The van der Waals surface area contributed by atoms with E-state index in [1.165, 1.54) is 31.4 Å². The average molecular weight is 413 g/mol. The summed E-state index contributed by atoms with van der Waals surface area (Å²) in [5.74, 6) is 0. The number of anilines is 1. The molecule has 1 atom stereocenters. The molecule has 2 aromatic rings. The molecule has 1 unspecified atom stereocenters. The molecular formula is C23H32N4O3. The highest BCUT2D eigenvalue weighted by atomic mass is 16.6. The summed E-state index contributed by atoms with van der Waals surface area (Å²) in [6.07, 6.45) is 6.71. The third-order valence-corrected chi connectivity index (χ3v) is 5.05. The van der Waals surface area contributed by atoms with Gasteiger partial charge in [0.15, 0.2) is 0 Å². The summed E-state index contributed by atoms with van der Waals surface area (Å²) in [6, 6.07) is 13.9. The molecule has 0 bridgehead atoms. The Labute approximate surface area is 178 Å². The van der Waals surface area contributed by atoms with Gasteiger partial charge in [-0.1, -0.05) is 39.5 Å². The Hall–Kier alpha value is -2.80. The standard InChI is InChI=1S/C23H32N4O3/c1-3-5-6-7-17-26(23(18-28)8-4-2)21-13-9-19(10-14-21)24-25-20-11-15-22(16-12-20)27(29)30/h9-16,23,28H,3-8,17-18H2,1-2H3. The largest absolute Gasteiger partial charge is 0.394 e. The van der Waals surface area contributed by atoms with Crippen LogP contribution in [0.4, 0.5) is 22.7 Å². The number of azo groups is 1. The summed E-state index contributed by atoms with van der Waals surface area (Å²) in [4.78, 5) is 12.6. The Morgan fingerprint density at radius 3 is 2.03 bits per heavy atom. The second-order valence-electron chi connectivity index (χ2n) is 7.37. The van der Waals surface area contributed by atoms with Gasteiger partial charge in [0.05, 0.1) is 28.9 Å². The number of hydrogen-bond acceptors (Lipinski definition) is 6. The lowest BCUT2D eigenvalue weighted by Gasteiger charge is -2.33. The summed E-state index contributed by atoms with van der Waals surface area (Å²) < 4.78 is 0. The Morgan fingerprint density at radius 2 is 1.53 bits per heavy atom. The van der Waals surface area contributed by atoms with Gasteiger partial charge in [0, 0.05) is 24.4 Å². The number of non-ortho nitro benzene ring substituents is 1. The molecule has 7 heteroatoms. The van der Waals surface area contributed by atoms with Crippen LogP contribution in [0.15, 0.2) is 58.8 Å². The Kier molecular flexibility index (Phi) is 9.94. The van der Waals surface area contributed by atoms with Crippen LogP contribution >= 0.6 is 0 Å². The number of hydrogen-bond donors (Lipinski definition) is 1. The molecule has 162 valence electrons. The first kappa shape index (κ1) is 23.5. The molecule has 1 N–H and O–H groups in total. The van der Waals surface area contributed by atoms with Gasteiger partial charge in [0.2, 0.25) is 0 Å². The van der Waals surface area contributed by atoms with Crippen molar-refractivity contribution in [2.75, 3.05) is 18.1 Å². The van der Waals surface area contributed by atoms with Gasteiger partial charge in [-0.05, 0) is 49.2 Å². The van der Waals surface area contributed by atoms with Crippen molar-refractivity contribution >= 4 is 22.7 Å². The van der Waals surface area contributed by atoms with Crippen LogP contribution in [0.3, 0.4) is 0 Å². The van der Waals surface area contributed by atoms with E-state index in [0.717, 1.165) is 31.5 Å². The van der Waals surface area contributed by atoms with Crippen LogP contribution < -0.4 is 4.90 Å². The monoisotopic (exact) mass is 412 g/mol. The highest BCUT2D eigenvalue weighted by Gasteiger charge is 2.17. The van der Waals surface area contributed by atoms with E-state index in [-0.39, 0.29) is 18.3 Å². The molecule has 2 rings (SSSR count). The van der Waals surface area contributed by atoms with Gasteiger partial charge in [-0.3, -0.25) is 10.1 Å². The zero-order chi connectivity index (χ0) is 21.8. The number of unbranched alkanes of at least 4 members (excludes halogenated alkanes) is 3. The fourth-order valence-corrected chi connectivity index (χ4v) is 3.38. The van der Waals surface area contributed by atoms with Crippen molar-refractivity contribution in [2.45, 2.75) is 58.4 Å². The predicted molar refractivity (Wildman–Crippen MR) is 121 cm³/mol. The maximum atomic E-state index is 10.7. The molecule has 0 saturated heterocycles. The van der Waals surface area contributed by atoms with Gasteiger partial charge in [-0.25, -0.2) is 0 Å². The maximum Gasteiger partial charge on any atom is 0.269 e. The summed E-state index contributed by atoms with van der Waals surface area (Å²) in [5, 5.41) is 29.0. The van der Waals surface area contributed by atoms with E-state index in [1.54, 1.807) is 12.1 Å². The average Bonchev–Trinajstić information content (AvgIpc) is 2.77. The van der Waals surface area contributed by atoms with Crippen LogP contribution in [-0.4, -0.2) is 29.2 Å². The Morgan fingerprint density at radius 1 is 0.933 bits per heavy atom. The van der Waals surface area contributed by atoms with E-state index in [2.05, 4.69) is 29.0 Å². The summed E-state index contributed by atoms with van der Waals surface area (Å²) in [6.45, 7) is 5.41. The van der Waals surface area contributed by atoms with Crippen molar-refractivity contribution in [2.24, 2.45) is 10.2 Å². The maximum absolute atomic E-state index is 10.7. The molecule has 0 heterocycles. The third kappa shape index (κ3) is 7.22. The molecule has 0 aliphatic rings. The van der Waals surface area contributed by atoms with Gasteiger partial charge in [-0.2, -0.15) is 10.2 Å². The molecule has 0 saturated carbocycles. The predicted octanol–water partition coefficient (Wildman–Crippen LogP) is 6.56. The molecule has 7 nitrogen and oxygen atoms in total. The lowest BCUT2D eigenvalue weighted by molar-refractivity contribution is -0.384. The molecule has 2 aromatic carbocycles. The van der Waals surface area contributed by atoms with Gasteiger partial charge in [0.25, 0.3) is 5.69 Å². The minimum absolute atomic E-state index is 0.0304. The highest BCUT2D eigenvalue weighted by molar-refractivity contribution is 5.54. The van der Waals surface area contributed by atoms with Gasteiger partial charge in [-0.15, -0.1) is 0 Å². The van der Waals surface area contributed by atoms with Crippen molar-refractivity contribution in [3.63, 3.8) is 0 Å². The van der Waals surface area contributed by atoms with Crippen molar-refractivity contribution < 1.29 is 10.0 Å². The smallest absolute Gasteiger partial charge is 0.269 e. The second-order valence-corrected chi connectivity index (χ2v) is 7.37. The summed E-state index contributed by atoms with van der Waals surface area (Å²) in [7, 11) is 0. The molecule has 0 fully saturated rings. The number of nitrogens with zero attached hydrogens (tertiary/aromatic N) is 4. The number of aliphatic hydroxyl groups excluding tert-OH is 1. The van der Waals surface area contributed by atoms with Crippen molar-refractivity contribution in [3.05, 3.63) is 58.6 Å². The van der Waals surface area contributed by atoms with Crippen molar-refractivity contribution in [3.8, 4) is 0 Å². The van der Waals surface area contributed by atoms with Crippen LogP contribution in [0.25, 0.3) is 0 Å². The lowest BCUT2D eigenvalue weighted by atomic mass is 10.1. The first-order chi connectivity index (χ1) is 14.6. The van der Waals surface area contributed by atoms with Crippen LogP contribution in [-0.2, 0) is 0 Å². The lowest BCUT2D eigenvalue weighted by Crippen LogP contribution is -2.38. The minimum atomic E-state index is -0.439. The number of benzene rings is 2. The zero-order valence-corrected chi connectivity index (χ0v) is 17.9. The quantitative estimate of drug-likeness (QED) is 0.175. The molecule has 0 amide bonds. The second kappa shape index (κ2) is 12.7. The fourth-order valence-electron chi connectivity index (χ4n) is 3.38. The first-order valence-corrected chi connectivity index (χ1v) is 10.7. The molecular weight excluding hydrogens is 380 g/mol. The van der Waals surface area contributed by atoms with Crippen molar-refractivity contribution in [1.29, 1.82) is 0 Å². The van der Waals surface area contributed by atoms with E-state index in [4.69, 9.17) is 0 Å². The summed E-state index contributed by atoms with van der Waals surface area (Å²) in [5.41, 5.74) is 2.38. The van der Waals surface area contributed by atoms with Crippen LogP contribution in [0.2, 0.25) is 0 Å². The van der Waals surface area contributed by atoms with E-state index in [0.29, 0.717) is 11.4 Å². The molecule has 0 aliphatic heterocycles.